The van der Waals surface area contributed by atoms with Crippen molar-refractivity contribution in [3.63, 3.8) is 0 Å². The molecule has 3 nitrogen and oxygen atoms in total. The average Bonchev–Trinajstić information content (AvgIpc) is 2.67. The molecule has 0 atom stereocenters. The number of hydrogen-bond donors (Lipinski definition) is 2. The van der Waals surface area contributed by atoms with Crippen LogP contribution in [-0.4, -0.2) is 15.3 Å². The van der Waals surface area contributed by atoms with Crippen molar-refractivity contribution in [2.24, 2.45) is 0 Å². The number of aromatic amines is 1. The second-order valence-electron chi connectivity index (χ2n) is 3.15. The van der Waals surface area contributed by atoms with Gasteiger partial charge in [0.1, 0.15) is 5.75 Å². The molecule has 0 aliphatic rings. The number of nitrogens with one attached hydrogen (secondary N) is 1. The van der Waals surface area contributed by atoms with Gasteiger partial charge in [-0.3, -0.25) is 5.10 Å². The molecule has 0 saturated carbocycles. The Balaban J connectivity index is 2.44. The molecule has 1 aromatic carbocycles. The Hall–Kier alpha value is -1.77. The van der Waals surface area contributed by atoms with Crippen LogP contribution in [0.1, 0.15) is 12.6 Å². The molecule has 0 amide bonds. The van der Waals surface area contributed by atoms with Crippen molar-refractivity contribution in [1.82, 2.24) is 10.2 Å². The maximum absolute atomic E-state index is 9.59. The van der Waals surface area contributed by atoms with E-state index in [4.69, 9.17) is 0 Å². The number of nitrogens with zero attached hydrogens (tertiary/aromatic N) is 1. The van der Waals surface area contributed by atoms with Gasteiger partial charge in [-0.15, -0.1) is 0 Å². The van der Waals surface area contributed by atoms with Gasteiger partial charge in [0, 0.05) is 11.3 Å². The van der Waals surface area contributed by atoms with E-state index in [0.717, 1.165) is 23.4 Å². The van der Waals surface area contributed by atoms with Crippen LogP contribution in [0, 0.1) is 0 Å². The molecule has 1 aromatic heterocycles. The molecule has 0 radical (unpaired) electrons. The SMILES string of the molecule is CCc1cc(-c2ccccc2O)n[nH]1. The van der Waals surface area contributed by atoms with Gasteiger partial charge in [0.15, 0.2) is 0 Å². The summed E-state index contributed by atoms with van der Waals surface area (Å²) in [5.41, 5.74) is 2.63. The first-order chi connectivity index (χ1) is 6.81. The Morgan fingerprint density at radius 1 is 1.36 bits per heavy atom. The third-order valence-corrected chi connectivity index (χ3v) is 2.19. The molecule has 0 fully saturated rings. The van der Waals surface area contributed by atoms with Gasteiger partial charge in [0.2, 0.25) is 0 Å². The van der Waals surface area contributed by atoms with Crippen LogP contribution in [-0.2, 0) is 6.42 Å². The van der Waals surface area contributed by atoms with Crippen molar-refractivity contribution < 1.29 is 5.11 Å². The van der Waals surface area contributed by atoms with Crippen LogP contribution >= 0.6 is 0 Å². The van der Waals surface area contributed by atoms with Crippen LogP contribution in [0.25, 0.3) is 11.3 Å². The van der Waals surface area contributed by atoms with Crippen molar-refractivity contribution in [2.45, 2.75) is 13.3 Å². The molecule has 2 rings (SSSR count). The summed E-state index contributed by atoms with van der Waals surface area (Å²) in [6.07, 6.45) is 0.917. The number of rotatable bonds is 2. The molecule has 0 aliphatic heterocycles. The molecule has 72 valence electrons. The first kappa shape index (κ1) is 8.81. The summed E-state index contributed by atoms with van der Waals surface area (Å²) in [6, 6.07) is 9.15. The molecule has 1 heterocycles. The number of aryl methyl sites for hydroxylation is 1. The number of aromatic hydroxyl groups is 1. The third-order valence-electron chi connectivity index (χ3n) is 2.19. The first-order valence-electron chi connectivity index (χ1n) is 4.64. The lowest BCUT2D eigenvalue weighted by molar-refractivity contribution is 0.477. The summed E-state index contributed by atoms with van der Waals surface area (Å²) in [4.78, 5) is 0. The molecular formula is C11H12N2O. The average molecular weight is 188 g/mol. The van der Waals surface area contributed by atoms with Crippen LogP contribution < -0.4 is 0 Å². The highest BCUT2D eigenvalue weighted by atomic mass is 16.3. The van der Waals surface area contributed by atoms with E-state index in [1.165, 1.54) is 0 Å². The highest BCUT2D eigenvalue weighted by Gasteiger charge is 2.06. The van der Waals surface area contributed by atoms with Crippen molar-refractivity contribution >= 4 is 0 Å². The molecular weight excluding hydrogens is 176 g/mol. The molecule has 0 saturated heterocycles. The number of phenols is 1. The van der Waals surface area contributed by atoms with Crippen molar-refractivity contribution in [3.05, 3.63) is 36.0 Å². The van der Waals surface area contributed by atoms with Crippen LogP contribution in [0.4, 0.5) is 0 Å². The second-order valence-corrected chi connectivity index (χ2v) is 3.15. The zero-order valence-electron chi connectivity index (χ0n) is 7.99. The maximum Gasteiger partial charge on any atom is 0.125 e. The first-order valence-corrected chi connectivity index (χ1v) is 4.64. The largest absolute Gasteiger partial charge is 0.507 e. The van der Waals surface area contributed by atoms with Crippen LogP contribution in [0.5, 0.6) is 5.75 Å². The van der Waals surface area contributed by atoms with E-state index in [1.807, 2.05) is 18.2 Å². The number of benzene rings is 1. The number of H-pyrrole nitrogens is 1. The van der Waals surface area contributed by atoms with Gasteiger partial charge in [-0.05, 0) is 24.6 Å². The van der Waals surface area contributed by atoms with Gasteiger partial charge in [-0.2, -0.15) is 5.10 Å². The van der Waals surface area contributed by atoms with E-state index in [-0.39, 0.29) is 5.75 Å². The highest BCUT2D eigenvalue weighted by Crippen LogP contribution is 2.27. The smallest absolute Gasteiger partial charge is 0.125 e. The molecule has 0 unspecified atom stereocenters. The zero-order chi connectivity index (χ0) is 9.97. The summed E-state index contributed by atoms with van der Waals surface area (Å²) >= 11 is 0. The third kappa shape index (κ3) is 1.48. The molecule has 3 heteroatoms. The Morgan fingerprint density at radius 3 is 2.79 bits per heavy atom. The standard InChI is InChI=1S/C11H12N2O/c1-2-8-7-10(13-12-8)9-5-3-4-6-11(9)14/h3-7,14H,2H2,1H3,(H,12,13). The molecule has 0 aliphatic carbocycles. The van der Waals surface area contributed by atoms with E-state index in [2.05, 4.69) is 17.1 Å². The normalized spacial score (nSPS) is 10.4. The lowest BCUT2D eigenvalue weighted by Crippen LogP contribution is -1.78. The summed E-state index contributed by atoms with van der Waals surface area (Å²) in [7, 11) is 0. The van der Waals surface area contributed by atoms with Crippen molar-refractivity contribution in [1.29, 1.82) is 0 Å². The van der Waals surface area contributed by atoms with Gasteiger partial charge < -0.3 is 5.11 Å². The molecule has 14 heavy (non-hydrogen) atoms. The highest BCUT2D eigenvalue weighted by molar-refractivity contribution is 5.66. The van der Waals surface area contributed by atoms with Crippen LogP contribution in [0.2, 0.25) is 0 Å². The Morgan fingerprint density at radius 2 is 2.14 bits per heavy atom. The summed E-state index contributed by atoms with van der Waals surface area (Å²) in [5, 5.41) is 16.6. The second kappa shape index (κ2) is 3.54. The van der Waals surface area contributed by atoms with Gasteiger partial charge in [-0.1, -0.05) is 19.1 Å². The quantitative estimate of drug-likeness (QED) is 0.760. The lowest BCUT2D eigenvalue weighted by Gasteiger charge is -1.98. The Bertz CT molecular complexity index is 434. The Kier molecular flexibility index (Phi) is 2.23. The summed E-state index contributed by atoms with van der Waals surface area (Å²) < 4.78 is 0. The fourth-order valence-corrected chi connectivity index (χ4v) is 1.37. The van der Waals surface area contributed by atoms with E-state index in [1.54, 1.807) is 12.1 Å². The summed E-state index contributed by atoms with van der Waals surface area (Å²) in [6.45, 7) is 2.06. The van der Waals surface area contributed by atoms with E-state index >= 15 is 0 Å². The molecule has 0 bridgehead atoms. The topological polar surface area (TPSA) is 48.9 Å². The number of aromatic nitrogens is 2. The predicted octanol–water partition coefficient (Wildman–Crippen LogP) is 2.34. The van der Waals surface area contributed by atoms with Crippen molar-refractivity contribution in [2.75, 3.05) is 0 Å². The number of hydrogen-bond acceptors (Lipinski definition) is 2. The minimum Gasteiger partial charge on any atom is -0.507 e. The Labute approximate surface area is 82.4 Å². The number of para-hydroxylation sites is 1. The fraction of sp³-hybridized carbons (Fsp3) is 0.182. The minimum absolute atomic E-state index is 0.265. The van der Waals surface area contributed by atoms with Crippen LogP contribution in [0.3, 0.4) is 0 Å². The van der Waals surface area contributed by atoms with Gasteiger partial charge >= 0.3 is 0 Å². The fourth-order valence-electron chi connectivity index (χ4n) is 1.37. The predicted molar refractivity (Wildman–Crippen MR) is 55.1 cm³/mol. The van der Waals surface area contributed by atoms with Gasteiger partial charge in [0.05, 0.1) is 5.69 Å². The van der Waals surface area contributed by atoms with E-state index in [9.17, 15) is 5.11 Å². The van der Waals surface area contributed by atoms with Crippen molar-refractivity contribution in [3.8, 4) is 17.0 Å². The molecule has 2 N–H and O–H groups in total. The maximum atomic E-state index is 9.59. The minimum atomic E-state index is 0.265. The van der Waals surface area contributed by atoms with Crippen LogP contribution in [0.15, 0.2) is 30.3 Å². The monoisotopic (exact) mass is 188 g/mol. The number of phenolic OH excluding ortho intramolecular Hbond substituents is 1. The van der Waals surface area contributed by atoms with E-state index < -0.39 is 0 Å². The zero-order valence-corrected chi connectivity index (χ0v) is 7.99. The van der Waals surface area contributed by atoms with Gasteiger partial charge in [-0.25, -0.2) is 0 Å². The molecule has 2 aromatic rings. The van der Waals surface area contributed by atoms with Gasteiger partial charge in [0.25, 0.3) is 0 Å². The molecule has 0 spiro atoms. The van der Waals surface area contributed by atoms with E-state index in [0.29, 0.717) is 0 Å². The summed E-state index contributed by atoms with van der Waals surface area (Å²) in [5.74, 6) is 0.265. The lowest BCUT2D eigenvalue weighted by atomic mass is 10.1.